The van der Waals surface area contributed by atoms with E-state index in [0.29, 0.717) is 0 Å². The molecule has 0 spiro atoms. The summed E-state index contributed by atoms with van der Waals surface area (Å²) in [7, 11) is -4.70. The normalized spacial score (nSPS) is 29.8. The van der Waals surface area contributed by atoms with Gasteiger partial charge in [-0.05, 0) is 6.08 Å². The monoisotopic (exact) mass is 327 g/mol. The van der Waals surface area contributed by atoms with Crippen LogP contribution in [0.1, 0.15) is 6.92 Å². The van der Waals surface area contributed by atoms with Gasteiger partial charge in [0.1, 0.15) is 24.6 Å². The Morgan fingerprint density at radius 2 is 2.00 bits per heavy atom. The molecule has 21 heavy (non-hydrogen) atoms. The lowest BCUT2D eigenvalue weighted by atomic mass is 9.88. The zero-order chi connectivity index (χ0) is 16.4. The van der Waals surface area contributed by atoms with Gasteiger partial charge in [-0.15, -0.1) is 0 Å². The van der Waals surface area contributed by atoms with Crippen LogP contribution >= 0.6 is 7.60 Å². The SMILES string of the molecule is C[C@H]1[C@H]([C@H](O)[C@H](O)CO)OC(P(=O)(O)O)=C[C@@H]1NC(N)N. The quantitative estimate of drug-likeness (QED) is 0.183. The van der Waals surface area contributed by atoms with Crippen molar-refractivity contribution in [3.8, 4) is 0 Å². The zero-order valence-corrected chi connectivity index (χ0v) is 12.3. The number of nitrogens with one attached hydrogen (secondary N) is 1. The maximum atomic E-state index is 11.3. The molecule has 0 bridgehead atoms. The van der Waals surface area contributed by atoms with Crippen LogP contribution < -0.4 is 16.8 Å². The van der Waals surface area contributed by atoms with Crippen LogP contribution in [-0.2, 0) is 9.30 Å². The second-order valence-corrected chi connectivity index (χ2v) is 6.48. The molecule has 1 aliphatic rings. The predicted molar refractivity (Wildman–Crippen MR) is 72.4 cm³/mol. The van der Waals surface area contributed by atoms with Crippen molar-refractivity contribution >= 4 is 7.60 Å². The number of aliphatic hydroxyl groups is 3. The van der Waals surface area contributed by atoms with Gasteiger partial charge in [0.05, 0.1) is 6.61 Å². The summed E-state index contributed by atoms with van der Waals surface area (Å²) in [5.41, 5.74) is 10.2. The molecule has 0 saturated carbocycles. The van der Waals surface area contributed by atoms with Crippen molar-refractivity contribution < 1.29 is 34.4 Å². The molecule has 1 rings (SSSR count). The van der Waals surface area contributed by atoms with Crippen molar-refractivity contribution in [1.82, 2.24) is 5.32 Å². The van der Waals surface area contributed by atoms with E-state index in [2.05, 4.69) is 5.32 Å². The van der Waals surface area contributed by atoms with Crippen LogP contribution in [0.25, 0.3) is 0 Å². The van der Waals surface area contributed by atoms with Gasteiger partial charge in [0.15, 0.2) is 0 Å². The van der Waals surface area contributed by atoms with Gasteiger partial charge in [0, 0.05) is 12.0 Å². The molecule has 0 aromatic heterocycles. The highest BCUT2D eigenvalue weighted by molar-refractivity contribution is 7.56. The number of rotatable bonds is 6. The van der Waals surface area contributed by atoms with Crippen LogP contribution in [-0.4, -0.2) is 62.4 Å². The Morgan fingerprint density at radius 1 is 1.43 bits per heavy atom. The molecule has 0 aromatic carbocycles. The average Bonchev–Trinajstić information content (AvgIpc) is 2.37. The molecule has 0 saturated heterocycles. The molecule has 11 heteroatoms. The first-order valence-electron chi connectivity index (χ1n) is 6.26. The highest BCUT2D eigenvalue weighted by atomic mass is 31.2. The summed E-state index contributed by atoms with van der Waals surface area (Å²) in [6.45, 7) is 0.891. The van der Waals surface area contributed by atoms with E-state index in [1.165, 1.54) is 0 Å². The highest BCUT2D eigenvalue weighted by Gasteiger charge is 2.42. The Hall–Kier alpha value is -0.550. The summed E-state index contributed by atoms with van der Waals surface area (Å²) in [5.74, 6) is -0.522. The van der Waals surface area contributed by atoms with E-state index in [9.17, 15) is 24.6 Å². The summed E-state index contributed by atoms with van der Waals surface area (Å²) < 4.78 is 16.5. The standard InChI is InChI=1S/C10H22N3O7P/c1-4-5(13-10(11)12)2-7(21(17,18)19)20-9(4)8(16)6(15)3-14/h2,4-6,8-10,13-16H,3,11-12H2,1H3,(H2,17,18,19)/t4-,5+,6-,8-,9-/m1/s1. The molecule has 0 amide bonds. The van der Waals surface area contributed by atoms with Crippen LogP contribution in [0.3, 0.4) is 0 Å². The third kappa shape index (κ3) is 4.71. The van der Waals surface area contributed by atoms with Crippen molar-refractivity contribution in [2.45, 2.75) is 37.6 Å². The second kappa shape index (κ2) is 7.14. The molecule has 0 aliphatic carbocycles. The first-order chi connectivity index (χ1) is 9.57. The molecule has 1 aliphatic heterocycles. The van der Waals surface area contributed by atoms with E-state index in [0.717, 1.165) is 6.08 Å². The number of ether oxygens (including phenoxy) is 1. The van der Waals surface area contributed by atoms with Crippen LogP contribution in [0.5, 0.6) is 0 Å². The van der Waals surface area contributed by atoms with Crippen LogP contribution in [0.4, 0.5) is 0 Å². The number of hydrogen-bond acceptors (Lipinski definition) is 8. The highest BCUT2D eigenvalue weighted by Crippen LogP contribution is 2.49. The molecule has 0 radical (unpaired) electrons. The Bertz CT molecular complexity index is 427. The Labute approximate surface area is 121 Å². The van der Waals surface area contributed by atoms with Crippen molar-refractivity contribution in [3.05, 3.63) is 11.6 Å². The summed E-state index contributed by atoms with van der Waals surface area (Å²) in [6, 6.07) is -0.688. The second-order valence-electron chi connectivity index (χ2n) is 4.95. The van der Waals surface area contributed by atoms with Crippen molar-refractivity contribution in [2.24, 2.45) is 17.4 Å². The summed E-state index contributed by atoms with van der Waals surface area (Å²) in [4.78, 5) is 18.4. The van der Waals surface area contributed by atoms with Gasteiger partial charge in [0.25, 0.3) is 0 Å². The molecule has 0 fully saturated rings. The fourth-order valence-corrected chi connectivity index (χ4v) is 2.71. The van der Waals surface area contributed by atoms with E-state index < -0.39 is 56.3 Å². The van der Waals surface area contributed by atoms with Gasteiger partial charge >= 0.3 is 7.60 Å². The third-order valence-electron chi connectivity index (χ3n) is 3.25. The maximum Gasteiger partial charge on any atom is 0.390 e. The van der Waals surface area contributed by atoms with Gasteiger partial charge in [-0.2, -0.15) is 0 Å². The van der Waals surface area contributed by atoms with E-state index >= 15 is 0 Å². The van der Waals surface area contributed by atoms with E-state index in [-0.39, 0.29) is 0 Å². The lowest BCUT2D eigenvalue weighted by Crippen LogP contribution is -2.57. The van der Waals surface area contributed by atoms with Gasteiger partial charge in [-0.3, -0.25) is 9.88 Å². The minimum absolute atomic E-state index is 0.522. The van der Waals surface area contributed by atoms with Crippen molar-refractivity contribution in [1.29, 1.82) is 0 Å². The molecule has 124 valence electrons. The molecular weight excluding hydrogens is 305 g/mol. The number of hydrogen-bond donors (Lipinski definition) is 8. The van der Waals surface area contributed by atoms with Crippen molar-refractivity contribution in [2.75, 3.05) is 6.61 Å². The van der Waals surface area contributed by atoms with Crippen LogP contribution in [0.15, 0.2) is 11.6 Å². The fraction of sp³-hybridized carbons (Fsp3) is 0.800. The Kier molecular flexibility index (Phi) is 6.29. The van der Waals surface area contributed by atoms with Crippen molar-refractivity contribution in [3.63, 3.8) is 0 Å². The summed E-state index contributed by atoms with van der Waals surface area (Å²) in [6.07, 6.45) is -4.02. The number of aliphatic hydroxyl groups excluding tert-OH is 3. The summed E-state index contributed by atoms with van der Waals surface area (Å²) in [5, 5.41) is 31.0. The molecule has 5 atom stereocenters. The maximum absolute atomic E-state index is 11.3. The van der Waals surface area contributed by atoms with E-state index in [1.54, 1.807) is 6.92 Å². The molecular formula is C10H22N3O7P. The minimum atomic E-state index is -4.70. The Morgan fingerprint density at radius 3 is 2.43 bits per heavy atom. The van der Waals surface area contributed by atoms with E-state index in [1.807, 2.05) is 0 Å². The first kappa shape index (κ1) is 18.5. The smallest absolute Gasteiger partial charge is 0.390 e. The minimum Gasteiger partial charge on any atom is -0.479 e. The van der Waals surface area contributed by atoms with Crippen LogP contribution in [0.2, 0.25) is 0 Å². The average molecular weight is 327 g/mol. The molecule has 10 N–H and O–H groups in total. The fourth-order valence-electron chi connectivity index (χ4n) is 2.09. The summed E-state index contributed by atoms with van der Waals surface area (Å²) >= 11 is 0. The lowest BCUT2D eigenvalue weighted by molar-refractivity contribution is -0.108. The molecule has 0 aromatic rings. The zero-order valence-electron chi connectivity index (χ0n) is 11.4. The molecule has 0 unspecified atom stereocenters. The third-order valence-corrected chi connectivity index (χ3v) is 4.08. The van der Waals surface area contributed by atoms with Gasteiger partial charge in [0.2, 0.25) is 5.50 Å². The lowest BCUT2D eigenvalue weighted by Gasteiger charge is -2.39. The largest absolute Gasteiger partial charge is 0.479 e. The first-order valence-corrected chi connectivity index (χ1v) is 7.88. The van der Waals surface area contributed by atoms with Gasteiger partial charge in [-0.25, -0.2) is 0 Å². The molecule has 1 heterocycles. The van der Waals surface area contributed by atoms with Gasteiger partial charge in [-0.1, -0.05) is 6.92 Å². The Balaban J connectivity index is 3.07. The van der Waals surface area contributed by atoms with Gasteiger partial charge < -0.3 is 41.3 Å². The topological polar surface area (TPSA) is 192 Å². The molecule has 10 nitrogen and oxygen atoms in total. The van der Waals surface area contributed by atoms with E-state index in [4.69, 9.17) is 21.3 Å². The number of nitrogens with two attached hydrogens (primary N) is 2. The van der Waals surface area contributed by atoms with Crippen LogP contribution in [0, 0.1) is 5.92 Å². The predicted octanol–water partition coefficient (Wildman–Crippen LogP) is -3.09.